The smallest absolute Gasteiger partial charge is 0.305 e. The van der Waals surface area contributed by atoms with Crippen molar-refractivity contribution in [2.75, 3.05) is 13.2 Å². The molecule has 0 heterocycles. The van der Waals surface area contributed by atoms with E-state index >= 15 is 0 Å². The predicted octanol–water partition coefficient (Wildman–Crippen LogP) is 21.1. The molecule has 6 nitrogen and oxygen atoms in total. The maximum absolute atomic E-state index is 12.5. The van der Waals surface area contributed by atoms with Crippen LogP contribution >= 0.6 is 0 Å². The van der Waals surface area contributed by atoms with E-state index in [0.29, 0.717) is 19.4 Å². The average molecular weight is 1040 g/mol. The van der Waals surface area contributed by atoms with Crippen LogP contribution in [0.4, 0.5) is 0 Å². The zero-order valence-corrected chi connectivity index (χ0v) is 49.8. The summed E-state index contributed by atoms with van der Waals surface area (Å²) in [5, 5.41) is 23.2. The van der Waals surface area contributed by atoms with Crippen LogP contribution in [-0.2, 0) is 14.3 Å². The van der Waals surface area contributed by atoms with Gasteiger partial charge in [-0.1, -0.05) is 320 Å². The maximum Gasteiger partial charge on any atom is 0.305 e. The van der Waals surface area contributed by atoms with Crippen LogP contribution in [0, 0.1) is 0 Å². The van der Waals surface area contributed by atoms with Crippen LogP contribution in [-0.4, -0.2) is 47.4 Å². The first-order valence-corrected chi connectivity index (χ1v) is 33.3. The fourth-order valence-electron chi connectivity index (χ4n) is 10.3. The molecule has 3 N–H and O–H groups in total. The molecule has 436 valence electrons. The van der Waals surface area contributed by atoms with E-state index in [1.807, 2.05) is 6.08 Å². The minimum absolute atomic E-state index is 0.0103. The number of hydrogen-bond donors (Lipinski definition) is 3. The van der Waals surface area contributed by atoms with E-state index in [4.69, 9.17) is 4.74 Å². The molecule has 0 saturated heterocycles. The Morgan fingerprint density at radius 3 is 1.03 bits per heavy atom. The van der Waals surface area contributed by atoms with Crippen molar-refractivity contribution in [2.45, 2.75) is 373 Å². The molecule has 0 bridgehead atoms. The van der Waals surface area contributed by atoms with Crippen molar-refractivity contribution < 1.29 is 24.5 Å². The topological polar surface area (TPSA) is 95.9 Å². The number of allylic oxidation sites excluding steroid dienone is 5. The molecule has 0 aromatic carbocycles. The molecule has 2 atom stereocenters. The molecule has 0 saturated carbocycles. The number of hydrogen-bond acceptors (Lipinski definition) is 5. The highest BCUT2D eigenvalue weighted by molar-refractivity contribution is 5.76. The minimum Gasteiger partial charge on any atom is -0.466 e. The van der Waals surface area contributed by atoms with Gasteiger partial charge in [0.05, 0.1) is 25.4 Å². The molecular weight excluding hydrogens is 911 g/mol. The number of amides is 1. The van der Waals surface area contributed by atoms with E-state index in [1.54, 1.807) is 6.08 Å². The fourth-order valence-corrected chi connectivity index (χ4v) is 10.3. The van der Waals surface area contributed by atoms with Crippen LogP contribution < -0.4 is 5.32 Å². The lowest BCUT2D eigenvalue weighted by Gasteiger charge is -2.20. The van der Waals surface area contributed by atoms with Gasteiger partial charge in [0.1, 0.15) is 0 Å². The van der Waals surface area contributed by atoms with Crippen LogP contribution in [0.3, 0.4) is 0 Å². The van der Waals surface area contributed by atoms with Gasteiger partial charge in [0.2, 0.25) is 5.91 Å². The normalized spacial score (nSPS) is 12.8. The van der Waals surface area contributed by atoms with Crippen molar-refractivity contribution >= 4 is 11.9 Å². The Kier molecular flexibility index (Phi) is 62.0. The number of rotatable bonds is 62. The molecule has 0 radical (unpaired) electrons. The summed E-state index contributed by atoms with van der Waals surface area (Å²) in [6.45, 7) is 4.92. The molecule has 74 heavy (non-hydrogen) atoms. The van der Waals surface area contributed by atoms with Gasteiger partial charge in [0.25, 0.3) is 0 Å². The summed E-state index contributed by atoms with van der Waals surface area (Å²) in [5.41, 5.74) is 0. The van der Waals surface area contributed by atoms with Crippen LogP contribution in [0.15, 0.2) is 36.5 Å². The lowest BCUT2D eigenvalue weighted by atomic mass is 10.0. The van der Waals surface area contributed by atoms with Gasteiger partial charge in [-0.2, -0.15) is 0 Å². The molecule has 0 aliphatic carbocycles. The van der Waals surface area contributed by atoms with Crippen LogP contribution in [0.1, 0.15) is 361 Å². The van der Waals surface area contributed by atoms with E-state index < -0.39 is 12.1 Å². The predicted molar refractivity (Wildman–Crippen MR) is 324 cm³/mol. The second-order valence-corrected chi connectivity index (χ2v) is 22.8. The lowest BCUT2D eigenvalue weighted by molar-refractivity contribution is -0.143. The van der Waals surface area contributed by atoms with Crippen molar-refractivity contribution in [3.05, 3.63) is 36.5 Å². The van der Waals surface area contributed by atoms with Crippen molar-refractivity contribution in [1.82, 2.24) is 5.32 Å². The standard InChI is InChI=1S/C68H129NO5/c1-3-5-7-9-11-13-15-17-18-19-27-30-33-37-40-44-48-52-56-60-66(71)65(64-70)69-67(72)61-57-53-49-45-41-38-34-31-28-25-23-21-20-22-24-26-29-32-35-39-43-47-51-55-59-63-74-68(73)62-58-54-50-46-42-36-16-14-12-10-8-6-4-2/h21-24,56,60,65-66,70-71H,3-20,25-55,57-59,61-64H2,1-2H3,(H,69,72)/b23-21-,24-22-,60-56+. The second-order valence-electron chi connectivity index (χ2n) is 22.8. The van der Waals surface area contributed by atoms with E-state index in [-0.39, 0.29) is 18.5 Å². The van der Waals surface area contributed by atoms with Gasteiger partial charge in [0, 0.05) is 12.8 Å². The maximum atomic E-state index is 12.5. The monoisotopic (exact) mass is 1040 g/mol. The van der Waals surface area contributed by atoms with Gasteiger partial charge >= 0.3 is 5.97 Å². The Morgan fingerprint density at radius 1 is 0.378 bits per heavy atom. The summed E-state index contributed by atoms with van der Waals surface area (Å²) >= 11 is 0. The highest BCUT2D eigenvalue weighted by Crippen LogP contribution is 2.18. The molecule has 0 spiro atoms. The summed E-state index contributed by atoms with van der Waals surface area (Å²) in [6, 6.07) is -0.633. The molecule has 6 heteroatoms. The Morgan fingerprint density at radius 2 is 0.676 bits per heavy atom. The minimum atomic E-state index is -0.849. The van der Waals surface area contributed by atoms with Crippen LogP contribution in [0.25, 0.3) is 0 Å². The SMILES string of the molecule is CCCCCCCCCCCCCCCCCCC/C=C/C(O)C(CO)NC(=O)CCCCCCCCCCC/C=C\C/C=C\CCCCCCCCCCCOC(=O)CCCCCCCCCCCCCCC. The average Bonchev–Trinajstić information content (AvgIpc) is 3.40. The molecule has 1 amide bonds. The third-order valence-electron chi connectivity index (χ3n) is 15.4. The Balaban J connectivity index is 3.46. The van der Waals surface area contributed by atoms with E-state index in [0.717, 1.165) is 44.9 Å². The first-order chi connectivity index (χ1) is 36.5. The lowest BCUT2D eigenvalue weighted by Crippen LogP contribution is -2.45. The molecule has 0 aromatic heterocycles. The van der Waals surface area contributed by atoms with Crippen LogP contribution in [0.2, 0.25) is 0 Å². The number of carbonyl (C=O) groups is 2. The summed E-state index contributed by atoms with van der Waals surface area (Å²) in [6.07, 6.45) is 80.6. The number of nitrogens with one attached hydrogen (secondary N) is 1. The number of aliphatic hydroxyl groups is 2. The van der Waals surface area contributed by atoms with E-state index in [1.165, 1.54) is 289 Å². The van der Waals surface area contributed by atoms with Gasteiger partial charge in [-0.25, -0.2) is 0 Å². The van der Waals surface area contributed by atoms with Crippen molar-refractivity contribution in [3.8, 4) is 0 Å². The molecule has 0 aromatic rings. The third kappa shape index (κ3) is 59.3. The Labute approximate surface area is 462 Å². The molecule has 0 rings (SSSR count). The van der Waals surface area contributed by atoms with Crippen molar-refractivity contribution in [1.29, 1.82) is 0 Å². The molecule has 2 unspecified atom stereocenters. The van der Waals surface area contributed by atoms with Gasteiger partial charge in [-0.3, -0.25) is 9.59 Å². The Bertz CT molecular complexity index is 1200. The fraction of sp³-hybridized carbons (Fsp3) is 0.882. The zero-order chi connectivity index (χ0) is 53.6. The third-order valence-corrected chi connectivity index (χ3v) is 15.4. The summed E-state index contributed by atoms with van der Waals surface area (Å²) in [7, 11) is 0. The second kappa shape index (κ2) is 63.6. The zero-order valence-electron chi connectivity index (χ0n) is 49.8. The van der Waals surface area contributed by atoms with Gasteiger partial charge in [-0.05, 0) is 64.2 Å². The van der Waals surface area contributed by atoms with Crippen molar-refractivity contribution in [3.63, 3.8) is 0 Å². The number of carbonyl (C=O) groups excluding carboxylic acids is 2. The van der Waals surface area contributed by atoms with Gasteiger partial charge < -0.3 is 20.3 Å². The number of esters is 1. The van der Waals surface area contributed by atoms with E-state index in [2.05, 4.69) is 43.5 Å². The van der Waals surface area contributed by atoms with Gasteiger partial charge in [0.15, 0.2) is 0 Å². The Hall–Kier alpha value is -1.92. The molecule has 0 aliphatic rings. The number of aliphatic hydroxyl groups excluding tert-OH is 2. The quantitative estimate of drug-likeness (QED) is 0.0320. The van der Waals surface area contributed by atoms with Crippen molar-refractivity contribution in [2.24, 2.45) is 0 Å². The molecular formula is C68H129NO5. The first-order valence-electron chi connectivity index (χ1n) is 33.3. The first kappa shape index (κ1) is 72.1. The summed E-state index contributed by atoms with van der Waals surface area (Å²) < 4.78 is 5.48. The molecule has 0 fully saturated rings. The number of ether oxygens (including phenoxy) is 1. The molecule has 0 aliphatic heterocycles. The van der Waals surface area contributed by atoms with Gasteiger partial charge in [-0.15, -0.1) is 0 Å². The highest BCUT2D eigenvalue weighted by atomic mass is 16.5. The van der Waals surface area contributed by atoms with E-state index in [9.17, 15) is 19.8 Å². The summed E-state index contributed by atoms with van der Waals surface area (Å²) in [4.78, 5) is 24.5. The number of unbranched alkanes of at least 4 members (excludes halogenated alkanes) is 47. The highest BCUT2D eigenvalue weighted by Gasteiger charge is 2.18. The summed E-state index contributed by atoms with van der Waals surface area (Å²) in [5.74, 6) is -0.0611. The van der Waals surface area contributed by atoms with Crippen LogP contribution in [0.5, 0.6) is 0 Å². The largest absolute Gasteiger partial charge is 0.466 e.